The van der Waals surface area contributed by atoms with Gasteiger partial charge in [0, 0.05) is 25.2 Å². The summed E-state index contributed by atoms with van der Waals surface area (Å²) in [6.45, 7) is 0.745. The van der Waals surface area contributed by atoms with Crippen LogP contribution in [-0.4, -0.2) is 44.7 Å². The molecular weight excluding hydrogens is 256 g/mol. The summed E-state index contributed by atoms with van der Waals surface area (Å²) in [6.07, 6.45) is 2.21. The van der Waals surface area contributed by atoms with Gasteiger partial charge < -0.3 is 19.7 Å². The summed E-state index contributed by atoms with van der Waals surface area (Å²) in [6, 6.07) is 6.01. The normalized spacial score (nSPS) is 13.9. The number of ether oxygens (including phenoxy) is 2. The molecule has 1 aliphatic carbocycles. The molecule has 0 bridgehead atoms. The Balaban J connectivity index is 1.98. The summed E-state index contributed by atoms with van der Waals surface area (Å²) in [4.78, 5) is 13.7. The van der Waals surface area contributed by atoms with Gasteiger partial charge in [0.05, 0.1) is 7.11 Å². The van der Waals surface area contributed by atoms with Crippen LogP contribution in [0.2, 0.25) is 0 Å². The summed E-state index contributed by atoms with van der Waals surface area (Å²) < 4.78 is 10.9. The van der Waals surface area contributed by atoms with E-state index in [1.54, 1.807) is 12.0 Å². The van der Waals surface area contributed by atoms with E-state index < -0.39 is 0 Å². The topological polar surface area (TPSA) is 50.8 Å². The minimum atomic E-state index is 0.0266. The van der Waals surface area contributed by atoms with Crippen molar-refractivity contribution in [3.63, 3.8) is 0 Å². The zero-order valence-electron chi connectivity index (χ0n) is 12.3. The number of likely N-dealkylation sites (N-methyl/N-ethyl adjacent to an activating group) is 1. The van der Waals surface area contributed by atoms with Crippen LogP contribution in [0.15, 0.2) is 18.2 Å². The Morgan fingerprint density at radius 3 is 2.80 bits per heavy atom. The van der Waals surface area contributed by atoms with E-state index >= 15 is 0 Å². The fourth-order valence-corrected chi connectivity index (χ4v) is 2.06. The van der Waals surface area contributed by atoms with Gasteiger partial charge in [-0.25, -0.2) is 0 Å². The van der Waals surface area contributed by atoms with Crippen LogP contribution in [-0.2, 0) is 11.3 Å². The van der Waals surface area contributed by atoms with Gasteiger partial charge in [-0.15, -0.1) is 0 Å². The van der Waals surface area contributed by atoms with Gasteiger partial charge in [0.1, 0.15) is 11.5 Å². The van der Waals surface area contributed by atoms with Crippen molar-refractivity contribution >= 4 is 5.91 Å². The number of carbonyl (C=O) groups excluding carboxylic acids is 1. The SMILES string of the molecule is CNCc1cc(OC)ccc1OCC(=O)N(C)C1CC1. The van der Waals surface area contributed by atoms with E-state index in [0.717, 1.165) is 29.9 Å². The van der Waals surface area contributed by atoms with Crippen LogP contribution in [0.4, 0.5) is 0 Å². The number of nitrogens with zero attached hydrogens (tertiary/aromatic N) is 1. The largest absolute Gasteiger partial charge is 0.497 e. The summed E-state index contributed by atoms with van der Waals surface area (Å²) in [5, 5.41) is 3.08. The first kappa shape index (κ1) is 14.7. The standard InChI is InChI=1S/C15H22N2O3/c1-16-9-11-8-13(19-3)6-7-14(11)20-10-15(18)17(2)12-4-5-12/h6-8,12,16H,4-5,9-10H2,1-3H3. The Hall–Kier alpha value is -1.75. The zero-order valence-corrected chi connectivity index (χ0v) is 12.3. The van der Waals surface area contributed by atoms with Gasteiger partial charge in [-0.2, -0.15) is 0 Å². The number of benzene rings is 1. The van der Waals surface area contributed by atoms with Gasteiger partial charge in [0.25, 0.3) is 5.91 Å². The summed E-state index contributed by atoms with van der Waals surface area (Å²) in [5.74, 6) is 1.53. The molecule has 0 aliphatic heterocycles. The van der Waals surface area contributed by atoms with Crippen molar-refractivity contribution < 1.29 is 14.3 Å². The molecule has 0 saturated heterocycles. The molecule has 1 aromatic rings. The molecule has 0 aromatic heterocycles. The molecule has 0 radical (unpaired) electrons. The van der Waals surface area contributed by atoms with Gasteiger partial charge in [-0.05, 0) is 38.1 Å². The lowest BCUT2D eigenvalue weighted by Gasteiger charge is -2.18. The molecule has 1 aliphatic rings. The number of hydrogen-bond acceptors (Lipinski definition) is 4. The van der Waals surface area contributed by atoms with Crippen LogP contribution < -0.4 is 14.8 Å². The molecule has 20 heavy (non-hydrogen) atoms. The molecule has 1 N–H and O–H groups in total. The minimum Gasteiger partial charge on any atom is -0.497 e. The molecule has 0 spiro atoms. The average molecular weight is 278 g/mol. The first-order chi connectivity index (χ1) is 9.65. The molecule has 2 rings (SSSR count). The lowest BCUT2D eigenvalue weighted by molar-refractivity contribution is -0.132. The molecule has 1 aromatic carbocycles. The van der Waals surface area contributed by atoms with Crippen LogP contribution in [0, 0.1) is 0 Å². The molecule has 0 heterocycles. The van der Waals surface area contributed by atoms with Crippen LogP contribution in [0.5, 0.6) is 11.5 Å². The first-order valence-electron chi connectivity index (χ1n) is 6.85. The lowest BCUT2D eigenvalue weighted by atomic mass is 10.2. The van der Waals surface area contributed by atoms with Crippen molar-refractivity contribution in [2.45, 2.75) is 25.4 Å². The van der Waals surface area contributed by atoms with Crippen molar-refractivity contribution in [3.8, 4) is 11.5 Å². The second kappa shape index (κ2) is 6.61. The van der Waals surface area contributed by atoms with E-state index in [1.807, 2.05) is 32.3 Å². The third kappa shape index (κ3) is 3.63. The molecule has 1 fully saturated rings. The maximum atomic E-state index is 12.0. The van der Waals surface area contributed by atoms with E-state index in [2.05, 4.69) is 5.32 Å². The zero-order chi connectivity index (χ0) is 14.5. The number of methoxy groups -OCH3 is 1. The molecular formula is C15H22N2O3. The number of amides is 1. The third-order valence-corrected chi connectivity index (χ3v) is 3.47. The fourth-order valence-electron chi connectivity index (χ4n) is 2.06. The van der Waals surface area contributed by atoms with Crippen LogP contribution in [0.25, 0.3) is 0 Å². The van der Waals surface area contributed by atoms with E-state index in [9.17, 15) is 4.79 Å². The molecule has 110 valence electrons. The highest BCUT2D eigenvalue weighted by Gasteiger charge is 2.29. The quantitative estimate of drug-likeness (QED) is 0.819. The third-order valence-electron chi connectivity index (χ3n) is 3.47. The first-order valence-corrected chi connectivity index (χ1v) is 6.85. The maximum Gasteiger partial charge on any atom is 0.260 e. The van der Waals surface area contributed by atoms with E-state index in [-0.39, 0.29) is 12.5 Å². The van der Waals surface area contributed by atoms with Crippen LogP contribution >= 0.6 is 0 Å². The second-order valence-electron chi connectivity index (χ2n) is 5.03. The van der Waals surface area contributed by atoms with E-state index in [4.69, 9.17) is 9.47 Å². The summed E-state index contributed by atoms with van der Waals surface area (Å²) in [7, 11) is 5.34. The van der Waals surface area contributed by atoms with Gasteiger partial charge in [0.2, 0.25) is 0 Å². The van der Waals surface area contributed by atoms with Crippen molar-refractivity contribution in [1.82, 2.24) is 10.2 Å². The predicted molar refractivity (Wildman–Crippen MR) is 77.0 cm³/mol. The molecule has 5 nitrogen and oxygen atoms in total. The Kier molecular flexibility index (Phi) is 4.84. The van der Waals surface area contributed by atoms with Gasteiger partial charge in [-0.3, -0.25) is 4.79 Å². The highest BCUT2D eigenvalue weighted by Crippen LogP contribution is 2.26. The van der Waals surface area contributed by atoms with Crippen molar-refractivity contribution in [2.75, 3.05) is 27.8 Å². The number of nitrogens with one attached hydrogen (secondary N) is 1. The smallest absolute Gasteiger partial charge is 0.260 e. The average Bonchev–Trinajstić information content (AvgIpc) is 3.29. The van der Waals surface area contributed by atoms with Crippen LogP contribution in [0.3, 0.4) is 0 Å². The molecule has 5 heteroatoms. The predicted octanol–water partition coefficient (Wildman–Crippen LogP) is 1.41. The van der Waals surface area contributed by atoms with Gasteiger partial charge >= 0.3 is 0 Å². The monoisotopic (exact) mass is 278 g/mol. The molecule has 0 unspecified atom stereocenters. The highest BCUT2D eigenvalue weighted by molar-refractivity contribution is 5.78. The molecule has 1 amide bonds. The highest BCUT2D eigenvalue weighted by atomic mass is 16.5. The number of carbonyl (C=O) groups is 1. The van der Waals surface area contributed by atoms with Crippen LogP contribution in [0.1, 0.15) is 18.4 Å². The summed E-state index contributed by atoms with van der Waals surface area (Å²) >= 11 is 0. The minimum absolute atomic E-state index is 0.0266. The maximum absolute atomic E-state index is 12.0. The Morgan fingerprint density at radius 2 is 2.20 bits per heavy atom. The van der Waals surface area contributed by atoms with Gasteiger partial charge in [0.15, 0.2) is 6.61 Å². The van der Waals surface area contributed by atoms with Crippen molar-refractivity contribution in [1.29, 1.82) is 0 Å². The summed E-state index contributed by atoms with van der Waals surface area (Å²) in [5.41, 5.74) is 0.980. The van der Waals surface area contributed by atoms with Gasteiger partial charge in [-0.1, -0.05) is 0 Å². The van der Waals surface area contributed by atoms with Crippen molar-refractivity contribution in [3.05, 3.63) is 23.8 Å². The van der Waals surface area contributed by atoms with E-state index in [1.165, 1.54) is 0 Å². The fraction of sp³-hybridized carbons (Fsp3) is 0.533. The Morgan fingerprint density at radius 1 is 1.45 bits per heavy atom. The number of rotatable bonds is 7. The second-order valence-corrected chi connectivity index (χ2v) is 5.03. The number of hydrogen-bond donors (Lipinski definition) is 1. The lowest BCUT2D eigenvalue weighted by Crippen LogP contribution is -2.33. The molecule has 0 atom stereocenters. The van der Waals surface area contributed by atoms with Crippen molar-refractivity contribution in [2.24, 2.45) is 0 Å². The molecule has 1 saturated carbocycles. The Labute approximate surface area is 119 Å². The van der Waals surface area contributed by atoms with E-state index in [0.29, 0.717) is 12.6 Å². The Bertz CT molecular complexity index is 472.